The summed E-state index contributed by atoms with van der Waals surface area (Å²) in [5, 5.41) is 12.6. The number of hydrogen-bond acceptors (Lipinski definition) is 2. The normalized spacial score (nSPS) is 12.7. The number of rotatable bonds is 5. The summed E-state index contributed by atoms with van der Waals surface area (Å²) in [6, 6.07) is -1.99. The minimum atomic E-state index is -2.65. The zero-order valence-corrected chi connectivity index (χ0v) is 8.46. The number of carboxylic acids is 1. The highest BCUT2D eigenvalue weighted by Crippen LogP contribution is 2.01. The Bertz CT molecular complexity index is 234. The molecule has 0 rings (SSSR count). The second-order valence-electron chi connectivity index (χ2n) is 3.31. The van der Waals surface area contributed by atoms with Gasteiger partial charge in [0.15, 0.2) is 0 Å². The molecule has 0 aromatic rings. The molecule has 0 fully saturated rings. The van der Waals surface area contributed by atoms with Crippen LogP contribution in [-0.2, 0) is 4.79 Å². The lowest BCUT2D eigenvalue weighted by Gasteiger charge is -2.18. The molecule has 88 valence electrons. The van der Waals surface area contributed by atoms with Crippen LogP contribution in [0.4, 0.5) is 13.6 Å². The van der Waals surface area contributed by atoms with Crippen molar-refractivity contribution >= 4 is 12.0 Å². The van der Waals surface area contributed by atoms with Gasteiger partial charge in [-0.15, -0.1) is 0 Å². The van der Waals surface area contributed by atoms with Crippen LogP contribution in [0.25, 0.3) is 0 Å². The van der Waals surface area contributed by atoms with Gasteiger partial charge in [-0.3, -0.25) is 0 Å². The highest BCUT2D eigenvalue weighted by atomic mass is 19.3. The van der Waals surface area contributed by atoms with Crippen molar-refractivity contribution in [3.63, 3.8) is 0 Å². The number of carbonyl (C=O) groups excluding carboxylic acids is 1. The molecule has 0 radical (unpaired) electrons. The second kappa shape index (κ2) is 6.15. The SMILES string of the molecule is CC(C)[C@H](NC(=O)NCC(F)F)C(=O)O. The largest absolute Gasteiger partial charge is 0.480 e. The Hall–Kier alpha value is -1.40. The van der Waals surface area contributed by atoms with Crippen LogP contribution in [0.5, 0.6) is 0 Å². The van der Waals surface area contributed by atoms with Crippen LogP contribution in [0, 0.1) is 5.92 Å². The summed E-state index contributed by atoms with van der Waals surface area (Å²) >= 11 is 0. The van der Waals surface area contributed by atoms with Crippen LogP contribution in [0.1, 0.15) is 13.8 Å². The van der Waals surface area contributed by atoms with E-state index in [9.17, 15) is 18.4 Å². The topological polar surface area (TPSA) is 78.4 Å². The molecule has 0 spiro atoms. The molecule has 15 heavy (non-hydrogen) atoms. The maximum atomic E-state index is 11.7. The molecule has 0 aliphatic rings. The van der Waals surface area contributed by atoms with E-state index in [-0.39, 0.29) is 5.92 Å². The van der Waals surface area contributed by atoms with Gasteiger partial charge < -0.3 is 15.7 Å². The van der Waals surface area contributed by atoms with E-state index in [0.717, 1.165) is 0 Å². The summed E-state index contributed by atoms with van der Waals surface area (Å²) < 4.78 is 23.4. The van der Waals surface area contributed by atoms with Crippen LogP contribution in [0.15, 0.2) is 0 Å². The van der Waals surface area contributed by atoms with Gasteiger partial charge in [0.25, 0.3) is 6.43 Å². The lowest BCUT2D eigenvalue weighted by molar-refractivity contribution is -0.140. The predicted octanol–water partition coefficient (Wildman–Crippen LogP) is 0.660. The number of aliphatic carboxylic acids is 1. The number of urea groups is 1. The summed E-state index contributed by atoms with van der Waals surface area (Å²) in [5.41, 5.74) is 0. The second-order valence-corrected chi connectivity index (χ2v) is 3.31. The van der Waals surface area contributed by atoms with Gasteiger partial charge in [0, 0.05) is 0 Å². The van der Waals surface area contributed by atoms with Gasteiger partial charge in [-0.1, -0.05) is 13.8 Å². The minimum absolute atomic E-state index is 0.320. The van der Waals surface area contributed by atoms with Crippen molar-refractivity contribution < 1.29 is 23.5 Å². The Morgan fingerprint density at radius 2 is 1.87 bits per heavy atom. The van der Waals surface area contributed by atoms with Crippen molar-refractivity contribution in [2.75, 3.05) is 6.54 Å². The summed E-state index contributed by atoms with van der Waals surface area (Å²) in [6.07, 6.45) is -2.65. The van der Waals surface area contributed by atoms with E-state index in [2.05, 4.69) is 5.32 Å². The van der Waals surface area contributed by atoms with E-state index >= 15 is 0 Å². The van der Waals surface area contributed by atoms with Gasteiger partial charge in [0.2, 0.25) is 0 Å². The summed E-state index contributed by atoms with van der Waals surface area (Å²) in [5.74, 6) is -1.52. The van der Waals surface area contributed by atoms with Crippen LogP contribution in [-0.4, -0.2) is 36.1 Å². The number of amides is 2. The molecule has 2 amide bonds. The fourth-order valence-corrected chi connectivity index (χ4v) is 0.876. The summed E-state index contributed by atoms with van der Waals surface area (Å²) in [6.45, 7) is 2.41. The van der Waals surface area contributed by atoms with Crippen LogP contribution in [0.2, 0.25) is 0 Å². The molecule has 0 unspecified atom stereocenters. The van der Waals surface area contributed by atoms with Crippen molar-refractivity contribution in [1.29, 1.82) is 0 Å². The summed E-state index contributed by atoms with van der Waals surface area (Å²) in [7, 11) is 0. The van der Waals surface area contributed by atoms with Crippen molar-refractivity contribution in [3.05, 3.63) is 0 Å². The average Bonchev–Trinajstić information content (AvgIpc) is 2.09. The van der Waals surface area contributed by atoms with Crippen LogP contribution < -0.4 is 10.6 Å². The molecule has 5 nitrogen and oxygen atoms in total. The number of alkyl halides is 2. The van der Waals surface area contributed by atoms with Gasteiger partial charge >= 0.3 is 12.0 Å². The third-order valence-corrected chi connectivity index (χ3v) is 1.64. The molecule has 0 saturated carbocycles. The molecule has 0 aromatic carbocycles. The van der Waals surface area contributed by atoms with Crippen LogP contribution >= 0.6 is 0 Å². The van der Waals surface area contributed by atoms with E-state index in [1.807, 2.05) is 5.32 Å². The van der Waals surface area contributed by atoms with E-state index < -0.39 is 31.0 Å². The monoisotopic (exact) mass is 224 g/mol. The molecule has 1 atom stereocenters. The first-order valence-electron chi connectivity index (χ1n) is 4.40. The number of nitrogens with one attached hydrogen (secondary N) is 2. The Morgan fingerprint density at radius 3 is 2.20 bits per heavy atom. The van der Waals surface area contributed by atoms with Gasteiger partial charge in [-0.25, -0.2) is 18.4 Å². The van der Waals surface area contributed by atoms with E-state index in [0.29, 0.717) is 0 Å². The third-order valence-electron chi connectivity index (χ3n) is 1.64. The van der Waals surface area contributed by atoms with Gasteiger partial charge in [0.1, 0.15) is 6.04 Å². The van der Waals surface area contributed by atoms with Crippen molar-refractivity contribution in [2.45, 2.75) is 26.3 Å². The standard InChI is InChI=1S/C8H14F2N2O3/c1-4(2)6(7(13)14)12-8(15)11-3-5(9)10/h4-6H,3H2,1-2H3,(H,13,14)(H2,11,12,15)/t6-/m0/s1. The zero-order chi connectivity index (χ0) is 12.0. The molecule has 0 aromatic heterocycles. The number of hydrogen-bond donors (Lipinski definition) is 3. The highest BCUT2D eigenvalue weighted by molar-refractivity contribution is 5.82. The average molecular weight is 224 g/mol. The first kappa shape index (κ1) is 13.6. The number of carboxylic acid groups (broad SMARTS) is 1. The molecule has 3 N–H and O–H groups in total. The van der Waals surface area contributed by atoms with Crippen molar-refractivity contribution in [2.24, 2.45) is 5.92 Å². The number of carbonyl (C=O) groups is 2. The fourth-order valence-electron chi connectivity index (χ4n) is 0.876. The maximum absolute atomic E-state index is 11.7. The summed E-state index contributed by atoms with van der Waals surface area (Å²) in [4.78, 5) is 21.6. The maximum Gasteiger partial charge on any atom is 0.326 e. The molecule has 0 heterocycles. The van der Waals surface area contributed by atoms with E-state index in [4.69, 9.17) is 5.11 Å². The van der Waals surface area contributed by atoms with E-state index in [1.165, 1.54) is 0 Å². The molecule has 0 aliphatic carbocycles. The zero-order valence-electron chi connectivity index (χ0n) is 8.46. The van der Waals surface area contributed by atoms with Crippen molar-refractivity contribution in [3.8, 4) is 0 Å². The molecular weight excluding hydrogens is 210 g/mol. The van der Waals surface area contributed by atoms with E-state index in [1.54, 1.807) is 13.8 Å². The first-order valence-corrected chi connectivity index (χ1v) is 4.40. The Labute approximate surface area is 85.8 Å². The van der Waals surface area contributed by atoms with Crippen molar-refractivity contribution in [1.82, 2.24) is 10.6 Å². The molecular formula is C8H14F2N2O3. The lowest BCUT2D eigenvalue weighted by Crippen LogP contribution is -2.49. The predicted molar refractivity (Wildman–Crippen MR) is 48.8 cm³/mol. The fraction of sp³-hybridized carbons (Fsp3) is 0.750. The smallest absolute Gasteiger partial charge is 0.326 e. The van der Waals surface area contributed by atoms with Crippen LogP contribution in [0.3, 0.4) is 0 Å². The third kappa shape index (κ3) is 5.82. The minimum Gasteiger partial charge on any atom is -0.480 e. The Balaban J connectivity index is 4.07. The Morgan fingerprint density at radius 1 is 1.33 bits per heavy atom. The molecule has 0 bridgehead atoms. The van der Waals surface area contributed by atoms with Gasteiger partial charge in [0.05, 0.1) is 6.54 Å². The number of halogens is 2. The Kier molecular flexibility index (Phi) is 5.58. The van der Waals surface area contributed by atoms with Gasteiger partial charge in [-0.05, 0) is 5.92 Å². The molecule has 7 heteroatoms. The molecule has 0 aliphatic heterocycles. The highest BCUT2D eigenvalue weighted by Gasteiger charge is 2.23. The quantitative estimate of drug-likeness (QED) is 0.641. The lowest BCUT2D eigenvalue weighted by atomic mass is 10.1. The molecule has 0 saturated heterocycles. The van der Waals surface area contributed by atoms with Gasteiger partial charge in [-0.2, -0.15) is 0 Å². The first-order chi connectivity index (χ1) is 6.84.